The summed E-state index contributed by atoms with van der Waals surface area (Å²) >= 11 is 0. The van der Waals surface area contributed by atoms with Gasteiger partial charge in [-0.3, -0.25) is 37.3 Å². The number of carbonyl (C=O) groups is 4. The van der Waals surface area contributed by atoms with Gasteiger partial charge in [-0.25, -0.2) is 9.13 Å². The van der Waals surface area contributed by atoms with Crippen molar-refractivity contribution in [2.45, 2.75) is 394 Å². The zero-order chi connectivity index (χ0) is 70.7. The van der Waals surface area contributed by atoms with E-state index < -0.39 is 97.5 Å². The average molecular weight is 1410 g/mol. The molecular weight excluding hydrogens is 1260 g/mol. The van der Waals surface area contributed by atoms with E-state index in [2.05, 4.69) is 65.8 Å². The lowest BCUT2D eigenvalue weighted by molar-refractivity contribution is -0.161. The highest BCUT2D eigenvalue weighted by atomic mass is 31.2. The van der Waals surface area contributed by atoms with E-state index in [-0.39, 0.29) is 25.7 Å². The number of hydrogen-bond donors (Lipinski definition) is 3. The van der Waals surface area contributed by atoms with Crippen LogP contribution in [-0.2, 0) is 65.4 Å². The molecule has 0 heterocycles. The van der Waals surface area contributed by atoms with Crippen LogP contribution in [0, 0.1) is 11.8 Å². The lowest BCUT2D eigenvalue weighted by Crippen LogP contribution is -2.30. The van der Waals surface area contributed by atoms with Gasteiger partial charge in [-0.05, 0) is 63.2 Å². The van der Waals surface area contributed by atoms with Gasteiger partial charge < -0.3 is 33.8 Å². The zero-order valence-corrected chi connectivity index (χ0v) is 63.9. The molecule has 19 heteroatoms. The lowest BCUT2D eigenvalue weighted by Gasteiger charge is -2.21. The molecule has 17 nitrogen and oxygen atoms in total. The number of ether oxygens (including phenoxy) is 4. The molecule has 0 radical (unpaired) electrons. The molecule has 0 aliphatic carbocycles. The molecule has 0 spiro atoms. The van der Waals surface area contributed by atoms with Crippen molar-refractivity contribution in [1.29, 1.82) is 0 Å². The van der Waals surface area contributed by atoms with Crippen molar-refractivity contribution in [3.8, 4) is 0 Å². The van der Waals surface area contributed by atoms with Gasteiger partial charge in [0.25, 0.3) is 0 Å². The molecule has 0 aromatic carbocycles. The van der Waals surface area contributed by atoms with Gasteiger partial charge in [0.15, 0.2) is 12.2 Å². The van der Waals surface area contributed by atoms with Crippen LogP contribution < -0.4 is 0 Å². The third kappa shape index (κ3) is 70.0. The maximum absolute atomic E-state index is 13.1. The smallest absolute Gasteiger partial charge is 0.462 e. The van der Waals surface area contributed by atoms with E-state index in [4.69, 9.17) is 37.0 Å². The van der Waals surface area contributed by atoms with E-state index in [9.17, 15) is 43.2 Å². The number of carbonyl (C=O) groups excluding carboxylic acids is 4. The molecule has 3 N–H and O–H groups in total. The molecule has 96 heavy (non-hydrogen) atoms. The molecule has 0 aromatic heterocycles. The Morgan fingerprint density at radius 3 is 0.854 bits per heavy atom. The molecule has 0 rings (SSSR count). The Morgan fingerprint density at radius 1 is 0.323 bits per heavy atom. The molecule has 0 aliphatic rings. The third-order valence-electron chi connectivity index (χ3n) is 17.3. The minimum atomic E-state index is -4.97. The van der Waals surface area contributed by atoms with Gasteiger partial charge in [0.2, 0.25) is 0 Å². The minimum absolute atomic E-state index is 0.101. The monoisotopic (exact) mass is 1410 g/mol. The van der Waals surface area contributed by atoms with E-state index in [1.165, 1.54) is 167 Å². The Labute approximate surface area is 586 Å². The fourth-order valence-corrected chi connectivity index (χ4v) is 12.9. The summed E-state index contributed by atoms with van der Waals surface area (Å²) in [7, 11) is -9.92. The van der Waals surface area contributed by atoms with Crippen LogP contribution in [0.4, 0.5) is 0 Å². The van der Waals surface area contributed by atoms with Crippen molar-refractivity contribution in [3.63, 3.8) is 0 Å². The first kappa shape index (κ1) is 93.5. The van der Waals surface area contributed by atoms with E-state index >= 15 is 0 Å². The van der Waals surface area contributed by atoms with Crippen LogP contribution in [0.25, 0.3) is 0 Å². The fraction of sp³-hybridized carbons (Fsp3) is 0.896. The van der Waals surface area contributed by atoms with E-state index in [0.29, 0.717) is 31.6 Å². The highest BCUT2D eigenvalue weighted by Crippen LogP contribution is 2.45. The van der Waals surface area contributed by atoms with E-state index in [0.717, 1.165) is 121 Å². The number of esters is 4. The van der Waals surface area contributed by atoms with Crippen LogP contribution >= 0.6 is 15.6 Å². The normalized spacial score (nSPS) is 14.2. The standard InChI is InChI=1S/C77H146O17P2/c1-7-9-11-13-15-17-19-21-23-24-25-27-29-31-36-42-49-55-61-76(81)93-72(65-87-74(79)59-53-47-41-35-30-28-26-22-20-18-16-14-12-10-8-2)67-91-95(83,84)89-63-71(78)64-90-96(85,86)92-68-73(66-88-75(80)60-54-48-44-38-40-46-52-58-70(5)6)94-77(82)62-56-50-43-37-33-32-34-39-45-51-57-69(3)4/h18,20,22,26,69-73,78H,7-17,19,21,23-25,27-68H2,1-6H3,(H,83,84)(H,85,86)/b20-18-,26-22-/t71-,72-,73-/m1/s1. The number of phosphoric ester groups is 2. The zero-order valence-electron chi connectivity index (χ0n) is 62.2. The fourth-order valence-electron chi connectivity index (χ4n) is 11.3. The van der Waals surface area contributed by atoms with Crippen molar-refractivity contribution in [2.75, 3.05) is 39.6 Å². The molecule has 2 unspecified atom stereocenters. The second-order valence-electron chi connectivity index (χ2n) is 28.0. The van der Waals surface area contributed by atoms with Crippen LogP contribution in [-0.4, -0.2) is 96.7 Å². The Morgan fingerprint density at radius 2 is 0.562 bits per heavy atom. The van der Waals surface area contributed by atoms with E-state index in [1.54, 1.807) is 0 Å². The molecule has 0 aliphatic heterocycles. The average Bonchev–Trinajstić information content (AvgIpc) is 1.08. The Balaban J connectivity index is 5.28. The van der Waals surface area contributed by atoms with E-state index in [1.807, 2.05) is 0 Å². The largest absolute Gasteiger partial charge is 0.472 e. The Kier molecular flexibility index (Phi) is 66.6. The third-order valence-corrected chi connectivity index (χ3v) is 19.2. The van der Waals surface area contributed by atoms with Gasteiger partial charge in [0.1, 0.15) is 19.3 Å². The van der Waals surface area contributed by atoms with Crippen LogP contribution in [0.3, 0.4) is 0 Å². The van der Waals surface area contributed by atoms with Crippen molar-refractivity contribution < 1.29 is 80.2 Å². The molecule has 0 bridgehead atoms. The summed E-state index contributed by atoms with van der Waals surface area (Å²) in [6, 6.07) is 0. The number of rotatable bonds is 74. The van der Waals surface area contributed by atoms with Crippen LogP contribution in [0.2, 0.25) is 0 Å². The maximum atomic E-state index is 13.1. The molecule has 566 valence electrons. The topological polar surface area (TPSA) is 237 Å². The molecule has 0 saturated heterocycles. The second kappa shape index (κ2) is 68.3. The number of aliphatic hydroxyl groups excluding tert-OH is 1. The Bertz CT molecular complexity index is 1950. The summed E-state index contributed by atoms with van der Waals surface area (Å²) in [6.45, 7) is 9.47. The SMILES string of the molecule is CCCCCC/C=C\C=C/CCCCCCCC(=O)OC[C@H](COP(=O)(O)OC[C@@H](O)COP(=O)(O)OC[C@@H](COC(=O)CCCCCCCCCC(C)C)OC(=O)CCCCCCCCCCCCC(C)C)OC(=O)CCCCCCCCCCCCCCCCCCCC. The number of hydrogen-bond acceptors (Lipinski definition) is 15. The highest BCUT2D eigenvalue weighted by molar-refractivity contribution is 7.47. The number of phosphoric acid groups is 2. The number of aliphatic hydroxyl groups is 1. The summed E-state index contributed by atoms with van der Waals surface area (Å²) in [5.41, 5.74) is 0. The van der Waals surface area contributed by atoms with Gasteiger partial charge in [0, 0.05) is 25.7 Å². The predicted octanol–water partition coefficient (Wildman–Crippen LogP) is 22.3. The molecule has 0 saturated carbocycles. The summed E-state index contributed by atoms with van der Waals surface area (Å²) < 4.78 is 68.5. The molecule has 0 fully saturated rings. The van der Waals surface area contributed by atoms with Crippen molar-refractivity contribution >= 4 is 39.5 Å². The second-order valence-corrected chi connectivity index (χ2v) is 30.9. The van der Waals surface area contributed by atoms with Crippen molar-refractivity contribution in [1.82, 2.24) is 0 Å². The highest BCUT2D eigenvalue weighted by Gasteiger charge is 2.30. The Hall–Kier alpha value is -2.46. The number of allylic oxidation sites excluding steroid dienone is 4. The van der Waals surface area contributed by atoms with Gasteiger partial charge in [0.05, 0.1) is 26.4 Å². The minimum Gasteiger partial charge on any atom is -0.462 e. The first-order chi connectivity index (χ1) is 46.4. The predicted molar refractivity (Wildman–Crippen MR) is 391 cm³/mol. The summed E-state index contributed by atoms with van der Waals surface area (Å²) in [5, 5.41) is 10.6. The summed E-state index contributed by atoms with van der Waals surface area (Å²) in [5.74, 6) is -0.692. The van der Waals surface area contributed by atoms with Crippen molar-refractivity contribution in [2.24, 2.45) is 11.8 Å². The van der Waals surface area contributed by atoms with Gasteiger partial charge in [-0.15, -0.1) is 0 Å². The van der Waals surface area contributed by atoms with Gasteiger partial charge in [-0.1, -0.05) is 323 Å². The first-order valence-corrected chi connectivity index (χ1v) is 42.3. The van der Waals surface area contributed by atoms with Gasteiger partial charge >= 0.3 is 39.5 Å². The van der Waals surface area contributed by atoms with Gasteiger partial charge in [-0.2, -0.15) is 0 Å². The maximum Gasteiger partial charge on any atom is 0.472 e. The van der Waals surface area contributed by atoms with Crippen LogP contribution in [0.15, 0.2) is 24.3 Å². The first-order valence-electron chi connectivity index (χ1n) is 39.3. The summed E-state index contributed by atoms with van der Waals surface area (Å²) in [4.78, 5) is 72.8. The molecule has 0 aromatic rings. The molecular formula is C77H146O17P2. The summed E-state index contributed by atoms with van der Waals surface area (Å²) in [6.07, 6.45) is 59.2. The molecule has 5 atom stereocenters. The van der Waals surface area contributed by atoms with Crippen molar-refractivity contribution in [3.05, 3.63) is 24.3 Å². The van der Waals surface area contributed by atoms with Crippen LogP contribution in [0.5, 0.6) is 0 Å². The quantitative estimate of drug-likeness (QED) is 0.0169. The number of unbranched alkanes of at least 4 members (excludes halogenated alkanes) is 41. The molecule has 0 amide bonds. The van der Waals surface area contributed by atoms with Crippen LogP contribution in [0.1, 0.15) is 375 Å². The lowest BCUT2D eigenvalue weighted by atomic mass is 10.0.